The molecule has 5 nitrogen and oxygen atoms in total. The van der Waals surface area contributed by atoms with Crippen LogP contribution in [0.15, 0.2) is 53.5 Å². The van der Waals surface area contributed by atoms with Crippen LogP contribution in [0.3, 0.4) is 0 Å². The van der Waals surface area contributed by atoms with Crippen molar-refractivity contribution in [3.8, 4) is 0 Å². The van der Waals surface area contributed by atoms with Crippen LogP contribution in [0.1, 0.15) is 37.8 Å². The molecule has 3 aromatic rings. The summed E-state index contributed by atoms with van der Waals surface area (Å²) in [6.45, 7) is 6.88. The zero-order valence-electron chi connectivity index (χ0n) is 14.9. The van der Waals surface area contributed by atoms with Crippen LogP contribution in [0.2, 0.25) is 5.02 Å². The first kappa shape index (κ1) is 17.1. The molecule has 1 N–H and O–H groups in total. The Kier molecular flexibility index (Phi) is 3.82. The smallest absolute Gasteiger partial charge is 0.230 e. The van der Waals surface area contributed by atoms with E-state index in [0.717, 1.165) is 17.9 Å². The molecule has 3 heterocycles. The highest BCUT2D eigenvalue weighted by Crippen LogP contribution is 2.47. The number of hydrogen-bond acceptors (Lipinski definition) is 5. The van der Waals surface area contributed by atoms with Crippen LogP contribution < -0.4 is 4.90 Å². The summed E-state index contributed by atoms with van der Waals surface area (Å²) in [6.07, 6.45) is 6.38. The van der Waals surface area contributed by atoms with Crippen molar-refractivity contribution in [1.82, 2.24) is 9.97 Å². The summed E-state index contributed by atoms with van der Waals surface area (Å²) in [5, 5.41) is 11.6. The number of hydrogen-bond donors (Lipinski definition) is 1. The summed E-state index contributed by atoms with van der Waals surface area (Å²) in [6, 6.07) is 7.90. The van der Waals surface area contributed by atoms with Crippen molar-refractivity contribution in [2.24, 2.45) is 0 Å². The lowest BCUT2D eigenvalue weighted by Crippen LogP contribution is -2.25. The van der Waals surface area contributed by atoms with Gasteiger partial charge >= 0.3 is 0 Å². The second kappa shape index (κ2) is 5.83. The summed E-state index contributed by atoms with van der Waals surface area (Å²) < 4.78 is 5.34. The lowest BCUT2D eigenvalue weighted by Gasteiger charge is -2.24. The molecular weight excluding hydrogens is 350 g/mol. The highest BCUT2D eigenvalue weighted by atomic mass is 35.5. The predicted molar refractivity (Wildman–Crippen MR) is 101 cm³/mol. The van der Waals surface area contributed by atoms with Gasteiger partial charge in [0.15, 0.2) is 5.60 Å². The van der Waals surface area contributed by atoms with E-state index in [1.165, 1.54) is 18.0 Å². The Morgan fingerprint density at radius 1 is 1.23 bits per heavy atom. The van der Waals surface area contributed by atoms with Gasteiger partial charge in [-0.25, -0.2) is 4.98 Å². The number of oxazole rings is 1. The normalized spacial score (nSPS) is 17.8. The van der Waals surface area contributed by atoms with E-state index in [4.69, 9.17) is 16.0 Å². The zero-order chi connectivity index (χ0) is 18.5. The van der Waals surface area contributed by atoms with Crippen LogP contribution in [0.5, 0.6) is 0 Å². The molecule has 0 amide bonds. The van der Waals surface area contributed by atoms with E-state index in [0.29, 0.717) is 10.6 Å². The highest BCUT2D eigenvalue weighted by molar-refractivity contribution is 6.33. The van der Waals surface area contributed by atoms with Crippen molar-refractivity contribution >= 4 is 23.0 Å². The van der Waals surface area contributed by atoms with Gasteiger partial charge in [-0.1, -0.05) is 37.6 Å². The van der Waals surface area contributed by atoms with Gasteiger partial charge in [0.2, 0.25) is 5.89 Å². The van der Waals surface area contributed by atoms with Gasteiger partial charge in [-0.2, -0.15) is 0 Å². The number of halogens is 1. The van der Waals surface area contributed by atoms with Gasteiger partial charge in [0.1, 0.15) is 6.26 Å². The van der Waals surface area contributed by atoms with Crippen molar-refractivity contribution in [1.29, 1.82) is 0 Å². The molecule has 1 aliphatic rings. The maximum absolute atomic E-state index is 11.0. The predicted octanol–water partition coefficient (Wildman–Crippen LogP) is 4.41. The molecule has 2 aromatic heterocycles. The standard InChI is InChI=1S/C20H20ClN3O2/c1-19(2)12-24(16-6-7-22-11-15(16)21)17-10-13(4-5-14(17)19)20(3,25)18-23-8-9-26-18/h4-11,25H,12H2,1-3H3. The minimum atomic E-state index is -1.32. The topological polar surface area (TPSA) is 62.4 Å². The van der Waals surface area contributed by atoms with E-state index in [9.17, 15) is 5.11 Å². The third kappa shape index (κ3) is 2.59. The van der Waals surface area contributed by atoms with E-state index >= 15 is 0 Å². The summed E-state index contributed by atoms with van der Waals surface area (Å²) in [4.78, 5) is 10.4. The molecule has 1 aliphatic heterocycles. The van der Waals surface area contributed by atoms with E-state index in [1.54, 1.807) is 19.3 Å². The van der Waals surface area contributed by atoms with Gasteiger partial charge < -0.3 is 14.4 Å². The second-order valence-corrected chi connectivity index (χ2v) is 7.85. The number of benzene rings is 1. The van der Waals surface area contributed by atoms with Gasteiger partial charge in [-0.3, -0.25) is 4.98 Å². The summed E-state index contributed by atoms with van der Waals surface area (Å²) >= 11 is 6.40. The summed E-state index contributed by atoms with van der Waals surface area (Å²) in [7, 11) is 0. The molecule has 0 radical (unpaired) electrons. The molecule has 0 aliphatic carbocycles. The SMILES string of the molecule is CC1(C)CN(c2ccncc2Cl)c2cc(C(C)(O)c3ncco3)ccc21. The Labute approximate surface area is 157 Å². The maximum Gasteiger partial charge on any atom is 0.230 e. The molecule has 0 spiro atoms. The summed E-state index contributed by atoms with van der Waals surface area (Å²) in [5.41, 5.74) is 2.48. The van der Waals surface area contributed by atoms with Crippen LogP contribution in [0, 0.1) is 0 Å². The highest BCUT2D eigenvalue weighted by Gasteiger charge is 2.39. The average molecular weight is 370 g/mol. The fourth-order valence-corrected chi connectivity index (χ4v) is 3.81. The van der Waals surface area contributed by atoms with Gasteiger partial charge in [-0.15, -0.1) is 0 Å². The van der Waals surface area contributed by atoms with Crippen LogP contribution in [-0.4, -0.2) is 21.6 Å². The molecule has 134 valence electrons. The summed E-state index contributed by atoms with van der Waals surface area (Å²) in [5.74, 6) is 0.267. The van der Waals surface area contributed by atoms with Crippen molar-refractivity contribution in [3.63, 3.8) is 0 Å². The van der Waals surface area contributed by atoms with Crippen LogP contribution >= 0.6 is 11.6 Å². The minimum Gasteiger partial charge on any atom is -0.446 e. The van der Waals surface area contributed by atoms with E-state index in [2.05, 4.69) is 34.8 Å². The van der Waals surface area contributed by atoms with Crippen molar-refractivity contribution in [3.05, 3.63) is 71.2 Å². The van der Waals surface area contributed by atoms with Gasteiger partial charge in [0.05, 0.1) is 16.9 Å². The number of fused-ring (bicyclic) bond motifs is 1. The third-order valence-corrected chi connectivity index (χ3v) is 5.31. The van der Waals surface area contributed by atoms with Crippen molar-refractivity contribution < 1.29 is 9.52 Å². The Morgan fingerprint density at radius 3 is 2.73 bits per heavy atom. The zero-order valence-corrected chi connectivity index (χ0v) is 15.7. The van der Waals surface area contributed by atoms with E-state index in [-0.39, 0.29) is 11.3 Å². The molecule has 1 atom stereocenters. The Hall–Kier alpha value is -2.37. The van der Waals surface area contributed by atoms with Crippen LogP contribution in [-0.2, 0) is 11.0 Å². The number of nitrogens with zero attached hydrogens (tertiary/aromatic N) is 3. The minimum absolute atomic E-state index is 0.0464. The number of anilines is 2. The molecule has 1 unspecified atom stereocenters. The second-order valence-electron chi connectivity index (χ2n) is 7.44. The number of rotatable bonds is 3. The lowest BCUT2D eigenvalue weighted by molar-refractivity contribution is 0.0708. The lowest BCUT2D eigenvalue weighted by atomic mass is 9.85. The first-order valence-electron chi connectivity index (χ1n) is 8.45. The molecule has 1 aromatic carbocycles. The fourth-order valence-electron chi connectivity index (χ4n) is 3.58. The third-order valence-electron chi connectivity index (χ3n) is 5.02. The molecule has 0 saturated carbocycles. The fraction of sp³-hybridized carbons (Fsp3) is 0.300. The maximum atomic E-state index is 11.0. The Balaban J connectivity index is 1.85. The molecular formula is C20H20ClN3O2. The van der Waals surface area contributed by atoms with Crippen LogP contribution in [0.4, 0.5) is 11.4 Å². The first-order chi connectivity index (χ1) is 12.3. The largest absolute Gasteiger partial charge is 0.446 e. The molecule has 0 bridgehead atoms. The Bertz CT molecular complexity index is 951. The van der Waals surface area contributed by atoms with Gasteiger partial charge in [0, 0.05) is 30.0 Å². The van der Waals surface area contributed by atoms with Crippen molar-refractivity contribution in [2.45, 2.75) is 31.8 Å². The van der Waals surface area contributed by atoms with Gasteiger partial charge in [-0.05, 0) is 30.2 Å². The van der Waals surface area contributed by atoms with E-state index < -0.39 is 5.60 Å². The number of aliphatic hydroxyl groups is 1. The average Bonchev–Trinajstić information content (AvgIpc) is 3.23. The molecule has 6 heteroatoms. The number of aromatic nitrogens is 2. The van der Waals surface area contributed by atoms with Crippen molar-refractivity contribution in [2.75, 3.05) is 11.4 Å². The molecule has 4 rings (SSSR count). The molecule has 0 fully saturated rings. The number of pyridine rings is 1. The van der Waals surface area contributed by atoms with Gasteiger partial charge in [0.25, 0.3) is 0 Å². The van der Waals surface area contributed by atoms with Crippen LogP contribution in [0.25, 0.3) is 0 Å². The quantitative estimate of drug-likeness (QED) is 0.741. The molecule has 0 saturated heterocycles. The van der Waals surface area contributed by atoms with E-state index in [1.807, 2.05) is 18.2 Å². The monoisotopic (exact) mass is 369 g/mol. The first-order valence-corrected chi connectivity index (χ1v) is 8.83. The Morgan fingerprint density at radius 2 is 2.04 bits per heavy atom. The molecule has 26 heavy (non-hydrogen) atoms.